The summed E-state index contributed by atoms with van der Waals surface area (Å²) in [5.41, 5.74) is 1.88. The van der Waals surface area contributed by atoms with Crippen molar-refractivity contribution in [3.63, 3.8) is 0 Å². The van der Waals surface area contributed by atoms with Crippen molar-refractivity contribution in [2.75, 3.05) is 20.8 Å². The van der Waals surface area contributed by atoms with Gasteiger partial charge in [-0.15, -0.1) is 0 Å². The van der Waals surface area contributed by atoms with Gasteiger partial charge in [0.15, 0.2) is 11.5 Å². The molecule has 0 bridgehead atoms. The highest BCUT2D eigenvalue weighted by molar-refractivity contribution is 7.89. The van der Waals surface area contributed by atoms with Gasteiger partial charge >= 0.3 is 0 Å². The average molecular weight is 469 g/mol. The number of sulfonamides is 1. The first kappa shape index (κ1) is 23.1. The number of ether oxygens (including phenoxy) is 2. The van der Waals surface area contributed by atoms with Crippen molar-refractivity contribution in [3.05, 3.63) is 65.2 Å². The van der Waals surface area contributed by atoms with Crippen LogP contribution in [-0.2, 0) is 21.2 Å². The van der Waals surface area contributed by atoms with Crippen LogP contribution in [0.25, 0.3) is 10.8 Å². The van der Waals surface area contributed by atoms with E-state index in [1.54, 1.807) is 20.3 Å². The third-order valence-electron chi connectivity index (χ3n) is 6.13. The van der Waals surface area contributed by atoms with Gasteiger partial charge in [0.2, 0.25) is 15.9 Å². The van der Waals surface area contributed by atoms with Crippen LogP contribution in [0.15, 0.2) is 53.4 Å². The summed E-state index contributed by atoms with van der Waals surface area (Å²) in [4.78, 5) is 13.0. The van der Waals surface area contributed by atoms with Crippen LogP contribution in [0.4, 0.5) is 0 Å². The quantitative estimate of drug-likeness (QED) is 0.576. The van der Waals surface area contributed by atoms with Gasteiger partial charge in [0.25, 0.3) is 0 Å². The number of primary sulfonamides is 1. The van der Waals surface area contributed by atoms with Crippen LogP contribution in [0.3, 0.4) is 0 Å². The Morgan fingerprint density at radius 3 is 2.52 bits per heavy atom. The Morgan fingerprint density at radius 2 is 1.79 bits per heavy atom. The first-order chi connectivity index (χ1) is 15.8. The standard InChI is InChI=1S/C25H28N2O5S/c1-31-21-11-10-16(14-22(21)32-2)13-18-15-17-7-3-4-8-19(17)23(24(18)33(26,29)30)20-9-5-6-12-27-25(20)28/h3-4,7-8,10-11,14-15,20H,5-6,9,12-13H2,1-2H3,(H,27,28)(H2,26,29,30). The Morgan fingerprint density at radius 1 is 1.03 bits per heavy atom. The number of carbonyl (C=O) groups is 1. The van der Waals surface area contributed by atoms with E-state index in [0.29, 0.717) is 42.0 Å². The molecule has 1 saturated heterocycles. The van der Waals surface area contributed by atoms with Gasteiger partial charge in [0.1, 0.15) is 0 Å². The molecule has 174 valence electrons. The van der Waals surface area contributed by atoms with Gasteiger partial charge in [-0.05, 0) is 64.9 Å². The number of methoxy groups -OCH3 is 2. The maximum atomic E-state index is 13.0. The zero-order chi connectivity index (χ0) is 23.6. The summed E-state index contributed by atoms with van der Waals surface area (Å²) in [7, 11) is -1.01. The van der Waals surface area contributed by atoms with Crippen LogP contribution < -0.4 is 19.9 Å². The highest BCUT2D eigenvalue weighted by atomic mass is 32.2. The van der Waals surface area contributed by atoms with Crippen molar-refractivity contribution in [2.45, 2.75) is 36.5 Å². The lowest BCUT2D eigenvalue weighted by molar-refractivity contribution is -0.122. The molecule has 1 amide bonds. The van der Waals surface area contributed by atoms with Gasteiger partial charge < -0.3 is 14.8 Å². The number of hydrogen-bond donors (Lipinski definition) is 2. The maximum absolute atomic E-state index is 13.0. The van der Waals surface area contributed by atoms with Crippen molar-refractivity contribution in [1.29, 1.82) is 0 Å². The fraction of sp³-hybridized carbons (Fsp3) is 0.320. The zero-order valence-corrected chi connectivity index (χ0v) is 19.6. The van der Waals surface area contributed by atoms with E-state index in [9.17, 15) is 13.2 Å². The van der Waals surface area contributed by atoms with Gasteiger partial charge in [-0.25, -0.2) is 13.6 Å². The lowest BCUT2D eigenvalue weighted by Gasteiger charge is -2.22. The third kappa shape index (κ3) is 4.67. The van der Waals surface area contributed by atoms with E-state index in [1.165, 1.54) is 0 Å². The number of nitrogens with two attached hydrogens (primary N) is 1. The number of amides is 1. The van der Waals surface area contributed by atoms with Gasteiger partial charge in [0.05, 0.1) is 25.0 Å². The maximum Gasteiger partial charge on any atom is 0.238 e. The fourth-order valence-corrected chi connectivity index (χ4v) is 5.71. The number of nitrogens with one attached hydrogen (secondary N) is 1. The first-order valence-electron chi connectivity index (χ1n) is 10.9. The van der Waals surface area contributed by atoms with Gasteiger partial charge in [0, 0.05) is 6.54 Å². The largest absolute Gasteiger partial charge is 0.493 e. The Labute approximate surface area is 193 Å². The molecule has 3 N–H and O–H groups in total. The van der Waals surface area contributed by atoms with Gasteiger partial charge in [-0.3, -0.25) is 4.79 Å². The minimum atomic E-state index is -4.12. The molecule has 8 heteroatoms. The van der Waals surface area contributed by atoms with E-state index in [0.717, 1.165) is 29.2 Å². The minimum Gasteiger partial charge on any atom is -0.493 e. The molecule has 0 aliphatic carbocycles. The highest BCUT2D eigenvalue weighted by Crippen LogP contribution is 2.39. The second-order valence-corrected chi connectivity index (χ2v) is 9.75. The number of carbonyl (C=O) groups excluding carboxylic acids is 1. The molecule has 1 unspecified atom stereocenters. The molecule has 3 aromatic carbocycles. The molecule has 0 spiro atoms. The monoisotopic (exact) mass is 468 g/mol. The summed E-state index contributed by atoms with van der Waals surface area (Å²) in [6, 6.07) is 14.9. The van der Waals surface area contributed by atoms with Crippen molar-refractivity contribution in [2.24, 2.45) is 5.14 Å². The van der Waals surface area contributed by atoms with Crippen LogP contribution in [0.5, 0.6) is 11.5 Å². The molecule has 7 nitrogen and oxygen atoms in total. The molecule has 0 saturated carbocycles. The lowest BCUT2D eigenvalue weighted by Crippen LogP contribution is -2.29. The summed E-state index contributed by atoms with van der Waals surface area (Å²) in [5.74, 6) is 0.389. The number of benzene rings is 3. The third-order valence-corrected chi connectivity index (χ3v) is 7.18. The molecular weight excluding hydrogens is 440 g/mol. The van der Waals surface area contributed by atoms with E-state index >= 15 is 0 Å². The second-order valence-electron chi connectivity index (χ2n) is 8.25. The molecule has 3 aromatic rings. The van der Waals surface area contributed by atoms with Crippen molar-refractivity contribution in [3.8, 4) is 11.5 Å². The number of fused-ring (bicyclic) bond motifs is 1. The summed E-state index contributed by atoms with van der Waals surface area (Å²) in [6.45, 7) is 0.587. The zero-order valence-electron chi connectivity index (χ0n) is 18.8. The van der Waals surface area contributed by atoms with Crippen molar-refractivity contribution < 1.29 is 22.7 Å². The molecule has 0 aromatic heterocycles. The van der Waals surface area contributed by atoms with E-state index in [1.807, 2.05) is 42.5 Å². The molecular formula is C25H28N2O5S. The van der Waals surface area contributed by atoms with Gasteiger partial charge in [-0.2, -0.15) is 0 Å². The van der Waals surface area contributed by atoms with Crippen molar-refractivity contribution >= 4 is 26.7 Å². The molecule has 1 atom stereocenters. The first-order valence-corrected chi connectivity index (χ1v) is 12.4. The van der Waals surface area contributed by atoms with Crippen LogP contribution in [0.1, 0.15) is 41.9 Å². The van der Waals surface area contributed by atoms with Crippen LogP contribution in [-0.4, -0.2) is 35.1 Å². The Bertz CT molecular complexity index is 1300. The van der Waals surface area contributed by atoms with Gasteiger partial charge in [-0.1, -0.05) is 36.8 Å². The topological polar surface area (TPSA) is 108 Å². The highest BCUT2D eigenvalue weighted by Gasteiger charge is 2.32. The smallest absolute Gasteiger partial charge is 0.238 e. The molecule has 1 fully saturated rings. The molecule has 4 rings (SSSR count). The number of hydrogen-bond acceptors (Lipinski definition) is 5. The summed E-state index contributed by atoms with van der Waals surface area (Å²) in [5, 5.41) is 10.3. The Kier molecular flexibility index (Phi) is 6.58. The molecule has 1 aliphatic heterocycles. The van der Waals surface area contributed by atoms with Crippen LogP contribution in [0, 0.1) is 0 Å². The van der Waals surface area contributed by atoms with E-state index < -0.39 is 15.9 Å². The Balaban J connectivity index is 1.96. The second kappa shape index (κ2) is 9.41. The molecule has 0 radical (unpaired) electrons. The average Bonchev–Trinajstić information content (AvgIpc) is 3.01. The van der Waals surface area contributed by atoms with Crippen molar-refractivity contribution in [1.82, 2.24) is 5.32 Å². The number of rotatable bonds is 6. The minimum absolute atomic E-state index is 0.0398. The van der Waals surface area contributed by atoms with E-state index in [-0.39, 0.29) is 10.8 Å². The predicted octanol–water partition coefficient (Wildman–Crippen LogP) is 3.48. The summed E-state index contributed by atoms with van der Waals surface area (Å²) in [6.07, 6.45) is 2.55. The molecule has 1 heterocycles. The summed E-state index contributed by atoms with van der Waals surface area (Å²) < 4.78 is 36.7. The summed E-state index contributed by atoms with van der Waals surface area (Å²) >= 11 is 0. The fourth-order valence-electron chi connectivity index (χ4n) is 4.66. The van der Waals surface area contributed by atoms with E-state index in [2.05, 4.69) is 5.32 Å². The Hall–Kier alpha value is -3.10. The molecule has 33 heavy (non-hydrogen) atoms. The van der Waals surface area contributed by atoms with E-state index in [4.69, 9.17) is 14.6 Å². The van der Waals surface area contributed by atoms with Crippen LogP contribution >= 0.6 is 0 Å². The molecule has 1 aliphatic rings. The van der Waals surface area contributed by atoms with Crippen LogP contribution in [0.2, 0.25) is 0 Å². The SMILES string of the molecule is COc1ccc(Cc2cc3ccccc3c(C3CCCCNC3=O)c2S(N)(=O)=O)cc1OC. The normalized spacial score (nSPS) is 16.8. The lowest BCUT2D eigenvalue weighted by atomic mass is 9.87. The predicted molar refractivity (Wildman–Crippen MR) is 127 cm³/mol.